The van der Waals surface area contributed by atoms with Crippen molar-refractivity contribution in [2.75, 3.05) is 0 Å². The van der Waals surface area contributed by atoms with E-state index >= 15 is 0 Å². The van der Waals surface area contributed by atoms with Crippen LogP contribution in [0.15, 0.2) is 34.8 Å². The Morgan fingerprint density at radius 2 is 2.00 bits per heavy atom. The van der Waals surface area contributed by atoms with Crippen molar-refractivity contribution < 1.29 is 9.53 Å². The molecule has 76 valence electrons. The van der Waals surface area contributed by atoms with Gasteiger partial charge in [0.15, 0.2) is 0 Å². The lowest BCUT2D eigenvalue weighted by molar-refractivity contribution is -0.120. The van der Waals surface area contributed by atoms with Gasteiger partial charge in [-0.2, -0.15) is 0 Å². The summed E-state index contributed by atoms with van der Waals surface area (Å²) in [6.07, 6.45) is 0. The molecular formula is C11H6BrClO2. The molecule has 0 N–H and O–H groups in total. The van der Waals surface area contributed by atoms with Crippen LogP contribution in [0.5, 0.6) is 5.75 Å². The van der Waals surface area contributed by atoms with E-state index in [2.05, 4.69) is 15.9 Å². The highest BCUT2D eigenvalue weighted by Gasteiger charge is 2.04. The van der Waals surface area contributed by atoms with Gasteiger partial charge in [0, 0.05) is 5.02 Å². The molecule has 0 saturated carbocycles. The van der Waals surface area contributed by atoms with Crippen molar-refractivity contribution in [1.82, 2.24) is 0 Å². The Morgan fingerprint density at radius 1 is 1.20 bits per heavy atom. The maximum atomic E-state index is 10.3. The van der Waals surface area contributed by atoms with E-state index in [1.807, 2.05) is 18.2 Å². The molecule has 0 aliphatic rings. The molecule has 2 aromatic rings. The molecule has 4 heteroatoms. The topological polar surface area (TPSA) is 26.3 Å². The van der Waals surface area contributed by atoms with E-state index in [1.165, 1.54) is 0 Å². The minimum absolute atomic E-state index is 0.405. The highest BCUT2D eigenvalue weighted by molar-refractivity contribution is 9.10. The van der Waals surface area contributed by atoms with E-state index in [0.29, 0.717) is 17.2 Å². The molecule has 0 aliphatic carbocycles. The summed E-state index contributed by atoms with van der Waals surface area (Å²) >= 11 is 9.19. The second kappa shape index (κ2) is 4.21. The highest BCUT2D eigenvalue weighted by Crippen LogP contribution is 2.31. The number of benzene rings is 2. The van der Waals surface area contributed by atoms with Gasteiger partial charge in [0.1, 0.15) is 5.75 Å². The molecule has 0 atom stereocenters. The van der Waals surface area contributed by atoms with Crippen LogP contribution in [0.25, 0.3) is 10.8 Å². The molecule has 0 aliphatic heterocycles. The smallest absolute Gasteiger partial charge is 0.298 e. The van der Waals surface area contributed by atoms with Crippen LogP contribution in [-0.4, -0.2) is 6.47 Å². The van der Waals surface area contributed by atoms with Crippen molar-refractivity contribution in [3.05, 3.63) is 39.8 Å². The van der Waals surface area contributed by atoms with Crippen molar-refractivity contribution in [3.8, 4) is 5.75 Å². The van der Waals surface area contributed by atoms with Gasteiger partial charge in [-0.3, -0.25) is 4.79 Å². The number of ether oxygens (including phenoxy) is 1. The number of rotatable bonds is 2. The molecule has 2 rings (SSSR count). The Balaban J connectivity index is 2.64. The van der Waals surface area contributed by atoms with E-state index in [9.17, 15) is 4.79 Å². The first-order valence-corrected chi connectivity index (χ1v) is 5.37. The van der Waals surface area contributed by atoms with Crippen molar-refractivity contribution in [1.29, 1.82) is 0 Å². The maximum absolute atomic E-state index is 10.3. The summed E-state index contributed by atoms with van der Waals surface area (Å²) in [4.78, 5) is 10.3. The van der Waals surface area contributed by atoms with Crippen LogP contribution in [0.1, 0.15) is 0 Å². The molecule has 0 spiro atoms. The van der Waals surface area contributed by atoms with E-state index in [1.54, 1.807) is 12.1 Å². The summed E-state index contributed by atoms with van der Waals surface area (Å²) in [5.41, 5.74) is 0. The van der Waals surface area contributed by atoms with Crippen LogP contribution < -0.4 is 4.74 Å². The summed E-state index contributed by atoms with van der Waals surface area (Å²) in [6.45, 7) is 0.405. The Labute approximate surface area is 99.9 Å². The van der Waals surface area contributed by atoms with Crippen LogP contribution in [-0.2, 0) is 4.79 Å². The van der Waals surface area contributed by atoms with Gasteiger partial charge in [-0.1, -0.05) is 17.7 Å². The standard InChI is InChI=1S/C11H6BrClO2/c12-10-4-8-3-9(13)2-1-7(8)5-11(10)15-6-14/h1-6H. The zero-order chi connectivity index (χ0) is 10.8. The number of fused-ring (bicyclic) bond motifs is 1. The van der Waals surface area contributed by atoms with Gasteiger partial charge in [0.05, 0.1) is 4.47 Å². The fraction of sp³-hybridized carbons (Fsp3) is 0. The van der Waals surface area contributed by atoms with Gasteiger partial charge >= 0.3 is 0 Å². The third-order valence-corrected chi connectivity index (χ3v) is 2.88. The first-order valence-electron chi connectivity index (χ1n) is 4.20. The average Bonchev–Trinajstić information content (AvgIpc) is 2.20. The largest absolute Gasteiger partial charge is 0.428 e. The van der Waals surface area contributed by atoms with Crippen LogP contribution in [0.3, 0.4) is 0 Å². The first-order chi connectivity index (χ1) is 7.20. The van der Waals surface area contributed by atoms with Gasteiger partial charge in [-0.25, -0.2) is 0 Å². The molecule has 15 heavy (non-hydrogen) atoms. The molecule has 2 nitrogen and oxygen atoms in total. The molecule has 0 radical (unpaired) electrons. The molecular weight excluding hydrogens is 279 g/mol. The first kappa shape index (κ1) is 10.5. The normalized spacial score (nSPS) is 10.3. The summed E-state index contributed by atoms with van der Waals surface area (Å²) in [5.74, 6) is 0.500. The second-order valence-electron chi connectivity index (χ2n) is 2.99. The van der Waals surface area contributed by atoms with Gasteiger partial charge < -0.3 is 4.74 Å². The minimum Gasteiger partial charge on any atom is -0.428 e. The van der Waals surface area contributed by atoms with Crippen molar-refractivity contribution in [3.63, 3.8) is 0 Å². The van der Waals surface area contributed by atoms with Gasteiger partial charge in [0.2, 0.25) is 0 Å². The maximum Gasteiger partial charge on any atom is 0.298 e. The quantitative estimate of drug-likeness (QED) is 0.785. The molecule has 0 saturated heterocycles. The SMILES string of the molecule is O=COc1cc2ccc(Cl)cc2cc1Br. The number of hydrogen-bond acceptors (Lipinski definition) is 2. The fourth-order valence-corrected chi connectivity index (χ4v) is 2.00. The molecule has 0 unspecified atom stereocenters. The number of halogens is 2. The predicted octanol–water partition coefficient (Wildman–Crippen LogP) is 3.79. The van der Waals surface area contributed by atoms with Gasteiger partial charge in [-0.15, -0.1) is 0 Å². The fourth-order valence-electron chi connectivity index (χ4n) is 1.36. The zero-order valence-corrected chi connectivity index (χ0v) is 9.88. The minimum atomic E-state index is 0.405. The molecule has 2 aromatic carbocycles. The molecule has 0 aromatic heterocycles. The van der Waals surface area contributed by atoms with E-state index in [-0.39, 0.29) is 0 Å². The number of carbonyl (C=O) groups is 1. The zero-order valence-electron chi connectivity index (χ0n) is 7.54. The predicted molar refractivity (Wildman–Crippen MR) is 63.4 cm³/mol. The van der Waals surface area contributed by atoms with Crippen LogP contribution in [0.2, 0.25) is 5.02 Å². The van der Waals surface area contributed by atoms with Gasteiger partial charge in [-0.05, 0) is 51.0 Å². The average molecular weight is 286 g/mol. The van der Waals surface area contributed by atoms with Gasteiger partial charge in [0.25, 0.3) is 6.47 Å². The van der Waals surface area contributed by atoms with E-state index in [4.69, 9.17) is 16.3 Å². The lowest BCUT2D eigenvalue weighted by atomic mass is 10.1. The van der Waals surface area contributed by atoms with Crippen molar-refractivity contribution in [2.45, 2.75) is 0 Å². The molecule has 0 amide bonds. The monoisotopic (exact) mass is 284 g/mol. The summed E-state index contributed by atoms with van der Waals surface area (Å²) in [7, 11) is 0. The van der Waals surface area contributed by atoms with Crippen LogP contribution in [0.4, 0.5) is 0 Å². The number of carbonyl (C=O) groups excluding carboxylic acids is 1. The third kappa shape index (κ3) is 2.13. The second-order valence-corrected chi connectivity index (χ2v) is 4.28. The summed E-state index contributed by atoms with van der Waals surface area (Å²) in [6, 6.07) is 9.17. The Bertz CT molecular complexity index is 525. The van der Waals surface area contributed by atoms with Crippen LogP contribution >= 0.6 is 27.5 Å². The molecule has 0 bridgehead atoms. The van der Waals surface area contributed by atoms with Crippen molar-refractivity contribution in [2.24, 2.45) is 0 Å². The Morgan fingerprint density at radius 3 is 2.73 bits per heavy atom. The number of hydrogen-bond donors (Lipinski definition) is 0. The Hall–Kier alpha value is -1.06. The third-order valence-electron chi connectivity index (χ3n) is 2.03. The van der Waals surface area contributed by atoms with E-state index < -0.39 is 0 Å². The lowest BCUT2D eigenvalue weighted by Crippen LogP contribution is -1.89. The molecule has 0 heterocycles. The Kier molecular flexibility index (Phi) is 2.93. The molecule has 0 fully saturated rings. The van der Waals surface area contributed by atoms with Crippen LogP contribution in [0, 0.1) is 0 Å². The highest BCUT2D eigenvalue weighted by atomic mass is 79.9. The van der Waals surface area contributed by atoms with E-state index in [0.717, 1.165) is 15.2 Å². The lowest BCUT2D eigenvalue weighted by Gasteiger charge is -2.04. The van der Waals surface area contributed by atoms with Crippen molar-refractivity contribution >= 4 is 44.8 Å². The summed E-state index contributed by atoms with van der Waals surface area (Å²) in [5, 5.41) is 2.64. The summed E-state index contributed by atoms with van der Waals surface area (Å²) < 4.78 is 5.54.